The number of carboxylic acid groups (broad SMARTS) is 2. The molecule has 306 valence electrons. The molecular formula is C28H47N3O22. The molecule has 3 aliphatic heterocycles. The molecule has 0 spiro atoms. The minimum atomic E-state index is -2.32. The highest BCUT2D eigenvalue weighted by Crippen LogP contribution is 2.33. The van der Waals surface area contributed by atoms with Crippen molar-refractivity contribution in [3.8, 4) is 0 Å². The van der Waals surface area contributed by atoms with Crippen molar-refractivity contribution < 1.29 is 109 Å². The molecule has 0 bridgehead atoms. The molecule has 3 rings (SSSR count). The van der Waals surface area contributed by atoms with Crippen LogP contribution < -0.4 is 16.4 Å². The lowest BCUT2D eigenvalue weighted by Gasteiger charge is -2.49. The molecule has 3 aliphatic rings. The highest BCUT2D eigenvalue weighted by atomic mass is 16.8. The van der Waals surface area contributed by atoms with Gasteiger partial charge < -0.3 is 106 Å². The van der Waals surface area contributed by atoms with Gasteiger partial charge in [0.05, 0.1) is 19.3 Å². The van der Waals surface area contributed by atoms with Gasteiger partial charge in [0, 0.05) is 20.4 Å². The number of aliphatic hydroxyl groups excluding tert-OH is 10. The molecule has 0 aliphatic carbocycles. The second-order valence-corrected chi connectivity index (χ2v) is 12.5. The summed E-state index contributed by atoms with van der Waals surface area (Å²) in [5.41, 5.74) is 5.68. The van der Waals surface area contributed by atoms with Gasteiger partial charge in [-0.15, -0.1) is 0 Å². The largest absolute Gasteiger partial charge is 0.479 e. The van der Waals surface area contributed by atoms with Crippen LogP contribution in [0.1, 0.15) is 13.8 Å². The van der Waals surface area contributed by atoms with E-state index in [1.54, 1.807) is 0 Å². The average molecular weight is 778 g/mol. The minimum Gasteiger partial charge on any atom is -0.479 e. The fourth-order valence-electron chi connectivity index (χ4n) is 5.94. The van der Waals surface area contributed by atoms with Crippen LogP contribution in [0.4, 0.5) is 0 Å². The molecule has 19 atom stereocenters. The van der Waals surface area contributed by atoms with Crippen molar-refractivity contribution in [3.63, 3.8) is 0 Å². The third-order valence-electron chi connectivity index (χ3n) is 8.66. The van der Waals surface area contributed by atoms with Crippen molar-refractivity contribution in [2.24, 2.45) is 5.73 Å². The monoisotopic (exact) mass is 777 g/mol. The lowest BCUT2D eigenvalue weighted by molar-refractivity contribution is -0.364. The Balaban J connectivity index is 1.96. The van der Waals surface area contributed by atoms with Crippen molar-refractivity contribution in [1.82, 2.24) is 10.6 Å². The van der Waals surface area contributed by atoms with Crippen LogP contribution in [0, 0.1) is 0 Å². The van der Waals surface area contributed by atoms with Gasteiger partial charge in [0.15, 0.2) is 31.1 Å². The molecule has 25 heteroatoms. The Morgan fingerprint density at radius 2 is 1.28 bits per heavy atom. The van der Waals surface area contributed by atoms with Gasteiger partial charge in [0.2, 0.25) is 11.8 Å². The molecule has 25 nitrogen and oxygen atoms in total. The molecule has 2 amide bonds. The maximum Gasteiger partial charge on any atom is 0.335 e. The van der Waals surface area contributed by atoms with E-state index in [4.69, 9.17) is 34.2 Å². The molecule has 3 fully saturated rings. The van der Waals surface area contributed by atoms with E-state index in [1.165, 1.54) is 0 Å². The van der Waals surface area contributed by atoms with E-state index < -0.39 is 160 Å². The van der Waals surface area contributed by atoms with Crippen LogP contribution in [-0.4, -0.2) is 221 Å². The van der Waals surface area contributed by atoms with E-state index in [9.17, 15) is 80.5 Å². The first-order valence-corrected chi connectivity index (χ1v) is 16.1. The number of nitrogens with one attached hydrogen (secondary N) is 2. The quantitative estimate of drug-likeness (QED) is 0.0691. The Bertz CT molecular complexity index is 1250. The average Bonchev–Trinajstić information content (AvgIpc) is 3.09. The Morgan fingerprint density at radius 3 is 1.79 bits per heavy atom. The van der Waals surface area contributed by atoms with Crippen LogP contribution >= 0.6 is 0 Å². The van der Waals surface area contributed by atoms with Crippen LogP contribution in [0.5, 0.6) is 0 Å². The molecule has 0 aromatic heterocycles. The van der Waals surface area contributed by atoms with Crippen LogP contribution in [0.15, 0.2) is 0 Å². The minimum absolute atomic E-state index is 0.469. The highest BCUT2D eigenvalue weighted by molar-refractivity contribution is 5.74. The third kappa shape index (κ3) is 10.3. The van der Waals surface area contributed by atoms with Crippen molar-refractivity contribution in [2.45, 2.75) is 130 Å². The maximum atomic E-state index is 12.4. The first-order valence-electron chi connectivity index (χ1n) is 16.1. The van der Waals surface area contributed by atoms with Crippen LogP contribution in [0.25, 0.3) is 0 Å². The van der Waals surface area contributed by atoms with Crippen molar-refractivity contribution in [2.75, 3.05) is 19.8 Å². The third-order valence-corrected chi connectivity index (χ3v) is 8.66. The van der Waals surface area contributed by atoms with Crippen LogP contribution in [0.3, 0.4) is 0 Å². The number of hydrogen-bond donors (Lipinski definition) is 15. The predicted molar refractivity (Wildman–Crippen MR) is 162 cm³/mol. The summed E-state index contributed by atoms with van der Waals surface area (Å²) in [4.78, 5) is 48.1. The summed E-state index contributed by atoms with van der Waals surface area (Å²) in [7, 11) is 0. The summed E-state index contributed by atoms with van der Waals surface area (Å²) in [6.45, 7) is -0.491. The standard InChI is InChI=1S/C28H47N3O22/c1-6(34)30-8(3-29)19(12(37)9(36)4-32)49-28-18(43)16(41)21(23(53-28)25(46)47)51-26-11(31-7(2)35)20(13(38)10(5-33)48-26)50-27-17(42)14(39)15(40)22(52-27)24(44)45/h8-23,26-28,32-33,36-43H,3-5,29H2,1-2H3,(H,30,34)(H,31,35)(H,44,45)(H,46,47)/t8?,9?,10?,11?,12-,13-,14+,15+,16-,17?,18?,19-,20-,21+,22?,23?,26+,27-,28-/m1/s1. The van der Waals surface area contributed by atoms with Crippen molar-refractivity contribution in [3.05, 3.63) is 0 Å². The summed E-state index contributed by atoms with van der Waals surface area (Å²) in [6.07, 6.45) is -35.4. The van der Waals surface area contributed by atoms with Crippen molar-refractivity contribution in [1.29, 1.82) is 0 Å². The van der Waals surface area contributed by atoms with Gasteiger partial charge in [0.1, 0.15) is 79.3 Å². The van der Waals surface area contributed by atoms with E-state index in [2.05, 4.69) is 10.6 Å². The molecule has 0 aromatic rings. The number of nitrogens with two attached hydrogens (primary N) is 1. The SMILES string of the molecule is CC(=O)NC(CN)[C@@H](O[C@@H]1OC(C(=O)O)[C@@H](O[C@@H]2OC(CO)[C@@H](O)[C@H](O[C@@H]3OC(C(=O)O)[C@@H](O)[C@H](O)C3O)C2NC(C)=O)[C@H](O)C1O)[C@H](O)C(O)CO. The van der Waals surface area contributed by atoms with E-state index in [0.717, 1.165) is 13.8 Å². The van der Waals surface area contributed by atoms with E-state index >= 15 is 0 Å². The van der Waals surface area contributed by atoms with Gasteiger partial charge in [-0.05, 0) is 0 Å². The van der Waals surface area contributed by atoms with Crippen LogP contribution in [0.2, 0.25) is 0 Å². The second-order valence-electron chi connectivity index (χ2n) is 12.5. The maximum absolute atomic E-state index is 12.4. The first-order chi connectivity index (χ1) is 24.8. The van der Waals surface area contributed by atoms with E-state index in [1.807, 2.05) is 0 Å². The summed E-state index contributed by atoms with van der Waals surface area (Å²) in [6, 6.07) is -3.15. The fourth-order valence-corrected chi connectivity index (χ4v) is 5.94. The number of carbonyl (C=O) groups is 4. The zero-order valence-electron chi connectivity index (χ0n) is 28.1. The fraction of sp³-hybridized carbons (Fsp3) is 0.857. The smallest absolute Gasteiger partial charge is 0.335 e. The number of aliphatic carboxylic acids is 2. The number of aliphatic hydroxyl groups is 10. The van der Waals surface area contributed by atoms with E-state index in [-0.39, 0.29) is 0 Å². The van der Waals surface area contributed by atoms with Gasteiger partial charge in [-0.3, -0.25) is 9.59 Å². The molecule has 0 radical (unpaired) electrons. The molecule has 3 saturated heterocycles. The Hall–Kier alpha value is -2.80. The normalized spacial score (nSPS) is 40.0. The molecule has 3 heterocycles. The molecule has 8 unspecified atom stereocenters. The lowest BCUT2D eigenvalue weighted by atomic mass is 9.94. The highest BCUT2D eigenvalue weighted by Gasteiger charge is 2.56. The van der Waals surface area contributed by atoms with Gasteiger partial charge in [-0.25, -0.2) is 9.59 Å². The summed E-state index contributed by atoms with van der Waals surface area (Å²) >= 11 is 0. The lowest BCUT2D eigenvalue weighted by Crippen LogP contribution is -2.70. The van der Waals surface area contributed by atoms with E-state index in [0.29, 0.717) is 0 Å². The number of carboxylic acids is 2. The molecule has 16 N–H and O–H groups in total. The Labute approximate surface area is 299 Å². The van der Waals surface area contributed by atoms with Gasteiger partial charge in [0.25, 0.3) is 0 Å². The van der Waals surface area contributed by atoms with Gasteiger partial charge in [-0.1, -0.05) is 0 Å². The van der Waals surface area contributed by atoms with Gasteiger partial charge in [-0.2, -0.15) is 0 Å². The number of hydrogen-bond acceptors (Lipinski definition) is 21. The van der Waals surface area contributed by atoms with Crippen LogP contribution in [-0.2, 0) is 47.6 Å². The Morgan fingerprint density at radius 1 is 0.717 bits per heavy atom. The molecule has 53 heavy (non-hydrogen) atoms. The number of carbonyl (C=O) groups excluding carboxylic acids is 2. The summed E-state index contributed by atoms with van der Waals surface area (Å²) in [5.74, 6) is -5.24. The Kier molecular flexibility index (Phi) is 16.1. The zero-order chi connectivity index (χ0) is 40.1. The van der Waals surface area contributed by atoms with Gasteiger partial charge >= 0.3 is 11.9 Å². The molecule has 0 aromatic carbocycles. The number of ether oxygens (including phenoxy) is 6. The summed E-state index contributed by atoms with van der Waals surface area (Å²) in [5, 5.41) is 128. The first kappa shape index (κ1) is 44.6. The zero-order valence-corrected chi connectivity index (χ0v) is 28.1. The molecular weight excluding hydrogens is 730 g/mol. The molecule has 0 saturated carbocycles. The summed E-state index contributed by atoms with van der Waals surface area (Å²) < 4.78 is 32.9. The van der Waals surface area contributed by atoms with Crippen molar-refractivity contribution >= 4 is 23.8 Å². The number of amides is 2. The number of rotatable bonds is 16. The predicted octanol–water partition coefficient (Wildman–Crippen LogP) is -9.67. The second kappa shape index (κ2) is 19.2. The topological polar surface area (TPSA) is 416 Å².